The van der Waals surface area contributed by atoms with Crippen molar-refractivity contribution in [2.45, 2.75) is 44.4 Å². The molecule has 3 saturated heterocycles. The minimum atomic E-state index is -0.698. The van der Waals surface area contributed by atoms with Gasteiger partial charge in [0.05, 0.1) is 46.8 Å². The van der Waals surface area contributed by atoms with E-state index in [0.29, 0.717) is 29.5 Å². The van der Waals surface area contributed by atoms with Crippen molar-refractivity contribution in [3.05, 3.63) is 35.2 Å². The maximum absolute atomic E-state index is 10.4. The van der Waals surface area contributed by atoms with Crippen LogP contribution in [0.5, 0.6) is 0 Å². The Labute approximate surface area is 211 Å². The average molecular weight is 509 g/mol. The summed E-state index contributed by atoms with van der Waals surface area (Å²) in [5.41, 5.74) is 1.14. The highest BCUT2D eigenvalue weighted by Crippen LogP contribution is 2.36. The minimum Gasteiger partial charge on any atom is -0.388 e. The molecule has 33 heavy (non-hydrogen) atoms. The van der Waals surface area contributed by atoms with Crippen molar-refractivity contribution in [2.75, 3.05) is 36.0 Å². The first-order chi connectivity index (χ1) is 14.9. The van der Waals surface area contributed by atoms with Gasteiger partial charge in [-0.3, -0.25) is 0 Å². The molecule has 2 aromatic heterocycles. The van der Waals surface area contributed by atoms with E-state index in [-0.39, 0.29) is 27.0 Å². The van der Waals surface area contributed by atoms with Gasteiger partial charge in [-0.15, -0.1) is 0 Å². The van der Waals surface area contributed by atoms with Crippen LogP contribution in [0.15, 0.2) is 24.4 Å². The molecule has 1 N–H and O–H groups in total. The second-order valence-corrected chi connectivity index (χ2v) is 9.62. The third-order valence-electron chi connectivity index (χ3n) is 6.65. The lowest BCUT2D eigenvalue weighted by Gasteiger charge is -2.28. The van der Waals surface area contributed by atoms with Crippen LogP contribution in [0.25, 0.3) is 16.7 Å². The van der Waals surface area contributed by atoms with Gasteiger partial charge in [0.1, 0.15) is 11.6 Å². The average Bonchev–Trinajstić information content (AvgIpc) is 3.50. The summed E-state index contributed by atoms with van der Waals surface area (Å²) in [6, 6.07) is 6.38. The van der Waals surface area contributed by atoms with Gasteiger partial charge < -0.3 is 19.6 Å². The van der Waals surface area contributed by atoms with Gasteiger partial charge in [0.25, 0.3) is 0 Å². The zero-order valence-electron chi connectivity index (χ0n) is 18.6. The molecule has 1 aromatic carbocycles. The molecule has 0 amide bonds. The van der Waals surface area contributed by atoms with Gasteiger partial charge >= 0.3 is 0 Å². The van der Waals surface area contributed by atoms with E-state index < -0.39 is 5.60 Å². The maximum atomic E-state index is 10.4. The highest BCUT2D eigenvalue weighted by Gasteiger charge is 2.40. The summed E-state index contributed by atoms with van der Waals surface area (Å²) >= 11 is 6.60. The molecule has 0 aliphatic carbocycles. The van der Waals surface area contributed by atoms with Crippen LogP contribution in [0, 0.1) is 6.92 Å². The molecular weight excluding hydrogens is 480 g/mol. The number of β-amino-alcohol motifs (C(OH)–C–C–N with tert-alkyl or cyclic N) is 1. The summed E-state index contributed by atoms with van der Waals surface area (Å²) in [7, 11) is 0. The van der Waals surface area contributed by atoms with E-state index in [1.54, 1.807) is 0 Å². The number of aromatic nitrogens is 4. The van der Waals surface area contributed by atoms with E-state index in [1.165, 1.54) is 0 Å². The topological polar surface area (TPSA) is 79.5 Å². The number of hydrogen-bond donors (Lipinski definition) is 1. The second-order valence-electron chi connectivity index (χ2n) is 9.22. The van der Waals surface area contributed by atoms with Crippen molar-refractivity contribution >= 4 is 61.0 Å². The number of aliphatic hydroxyl groups is 1. The van der Waals surface area contributed by atoms with Crippen molar-refractivity contribution < 1.29 is 9.84 Å². The first-order valence-corrected chi connectivity index (χ1v) is 11.1. The quantitative estimate of drug-likeness (QED) is 0.582. The molecular formula is C22H29ClN6O2S2. The Morgan fingerprint density at radius 3 is 2.64 bits per heavy atom. The predicted octanol–water partition coefficient (Wildman–Crippen LogP) is 2.94. The standard InChI is InChI=1S/C22H25ClN6O2.2H2S/c1-13-25-20(28-10-16-6-15(28)11-31-16)8-21(26-13)29-18-7-19(17(23)5-14(18)9-24-29)27-4-3-22(2,30)12-27;;/h5,7-9,15-16,30H,3-4,6,10-12H2,1-2H3;2*1H2. The SMILES string of the molecule is Cc1nc(N2CC3CC2CO3)cc(-n2ncc3cc(Cl)c(N4CCC(C)(O)C4)cc32)n1.S.S. The smallest absolute Gasteiger partial charge is 0.159 e. The van der Waals surface area contributed by atoms with Crippen LogP contribution in [0.4, 0.5) is 11.5 Å². The lowest BCUT2D eigenvalue weighted by molar-refractivity contribution is 0.0839. The fourth-order valence-electron chi connectivity index (χ4n) is 5.08. The molecule has 0 radical (unpaired) electrons. The Morgan fingerprint density at radius 1 is 1.18 bits per heavy atom. The van der Waals surface area contributed by atoms with Crippen LogP contribution < -0.4 is 9.80 Å². The fourth-order valence-corrected chi connectivity index (χ4v) is 5.37. The predicted molar refractivity (Wildman–Crippen MR) is 140 cm³/mol. The molecule has 2 bridgehead atoms. The number of halogens is 1. The number of rotatable bonds is 3. The summed E-state index contributed by atoms with van der Waals surface area (Å²) in [5, 5.41) is 16.6. The van der Waals surface area contributed by atoms with Gasteiger partial charge in [0.15, 0.2) is 5.82 Å². The Hall–Kier alpha value is -1.72. The molecule has 3 atom stereocenters. The number of anilines is 2. The summed E-state index contributed by atoms with van der Waals surface area (Å²) in [4.78, 5) is 13.8. The molecule has 3 aliphatic rings. The van der Waals surface area contributed by atoms with E-state index in [9.17, 15) is 5.11 Å². The first kappa shape index (κ1) is 24.4. The zero-order valence-corrected chi connectivity index (χ0v) is 21.4. The second kappa shape index (κ2) is 8.81. The van der Waals surface area contributed by atoms with Crippen LogP contribution in [-0.2, 0) is 4.74 Å². The minimum absolute atomic E-state index is 0. The molecule has 3 fully saturated rings. The van der Waals surface area contributed by atoms with E-state index >= 15 is 0 Å². The Bertz CT molecular complexity index is 1190. The maximum Gasteiger partial charge on any atom is 0.159 e. The van der Waals surface area contributed by atoms with Crippen molar-refractivity contribution in [3.8, 4) is 5.82 Å². The van der Waals surface area contributed by atoms with Gasteiger partial charge in [0, 0.05) is 31.1 Å². The third-order valence-corrected chi connectivity index (χ3v) is 6.95. The fraction of sp³-hybridized carbons (Fsp3) is 0.500. The third kappa shape index (κ3) is 4.27. The molecule has 3 aliphatic heterocycles. The van der Waals surface area contributed by atoms with E-state index in [0.717, 1.165) is 60.8 Å². The van der Waals surface area contributed by atoms with Crippen molar-refractivity contribution in [1.82, 2.24) is 19.7 Å². The number of nitrogens with zero attached hydrogens (tertiary/aromatic N) is 6. The Morgan fingerprint density at radius 2 is 1.97 bits per heavy atom. The van der Waals surface area contributed by atoms with Crippen LogP contribution in [0.2, 0.25) is 5.02 Å². The summed E-state index contributed by atoms with van der Waals surface area (Å²) < 4.78 is 7.60. The van der Waals surface area contributed by atoms with E-state index in [4.69, 9.17) is 21.3 Å². The van der Waals surface area contributed by atoms with Crippen molar-refractivity contribution in [2.24, 2.45) is 0 Å². The van der Waals surface area contributed by atoms with Crippen LogP contribution in [-0.4, -0.2) is 68.8 Å². The molecule has 0 spiro atoms. The lowest BCUT2D eigenvalue weighted by Crippen LogP contribution is -2.37. The molecule has 178 valence electrons. The molecule has 3 aromatic rings. The largest absolute Gasteiger partial charge is 0.388 e. The number of hydrogen-bond acceptors (Lipinski definition) is 7. The molecule has 6 rings (SSSR count). The van der Waals surface area contributed by atoms with Crippen molar-refractivity contribution in [3.63, 3.8) is 0 Å². The molecule has 8 nitrogen and oxygen atoms in total. The number of ether oxygens (including phenoxy) is 1. The summed E-state index contributed by atoms with van der Waals surface area (Å²) in [6.07, 6.45) is 3.89. The van der Waals surface area contributed by atoms with Gasteiger partial charge in [-0.2, -0.15) is 32.1 Å². The monoisotopic (exact) mass is 508 g/mol. The van der Waals surface area contributed by atoms with Gasteiger partial charge in [-0.05, 0) is 38.8 Å². The first-order valence-electron chi connectivity index (χ1n) is 10.8. The van der Waals surface area contributed by atoms with Crippen LogP contribution >= 0.6 is 38.6 Å². The molecule has 0 saturated carbocycles. The van der Waals surface area contributed by atoms with Gasteiger partial charge in [-0.1, -0.05) is 11.6 Å². The highest BCUT2D eigenvalue weighted by atomic mass is 35.5. The van der Waals surface area contributed by atoms with Crippen LogP contribution in [0.1, 0.15) is 25.6 Å². The number of benzene rings is 1. The zero-order chi connectivity index (χ0) is 21.3. The molecule has 3 unspecified atom stereocenters. The van der Waals surface area contributed by atoms with Gasteiger partial charge in [0.2, 0.25) is 0 Å². The summed E-state index contributed by atoms with van der Waals surface area (Å²) in [6.45, 7) is 6.73. The Balaban J connectivity index is 0.00000130. The van der Waals surface area contributed by atoms with E-state index in [2.05, 4.69) is 25.9 Å². The Kier molecular flexibility index (Phi) is 6.52. The number of aryl methyl sites for hydroxylation is 1. The normalized spacial score (nSPS) is 26.1. The summed E-state index contributed by atoms with van der Waals surface area (Å²) in [5.74, 6) is 2.37. The highest BCUT2D eigenvalue weighted by molar-refractivity contribution is 7.59. The van der Waals surface area contributed by atoms with Crippen molar-refractivity contribution in [1.29, 1.82) is 0 Å². The lowest BCUT2D eigenvalue weighted by atomic mass is 10.1. The number of morpholine rings is 1. The number of fused-ring (bicyclic) bond motifs is 3. The molecule has 5 heterocycles. The van der Waals surface area contributed by atoms with Gasteiger partial charge in [-0.25, -0.2) is 14.6 Å². The molecule has 11 heteroatoms. The van der Waals surface area contributed by atoms with E-state index in [1.807, 2.05) is 36.9 Å². The van der Waals surface area contributed by atoms with Crippen LogP contribution in [0.3, 0.4) is 0 Å².